The number of ether oxygens (including phenoxy) is 4. The number of hydrogen-bond donors (Lipinski definition) is 2. The SMILES string of the molecule is C=C/C(=C(\N=CC)[C@H](C)OC)c1c2c3cc(ccc3n1CC)-c1csc(n1)[C@@H](OCC1CCOCC1)[C@H](NC(=O)[C@H]1C[C@@H]1C)C(=O)N1CCC[C@H](N1)C(=O)OCC(C)(C)C2. The quantitative estimate of drug-likeness (QED) is 0.118. The first-order chi connectivity index (χ1) is 28.9. The number of thiazole rings is 1. The van der Waals surface area contributed by atoms with Gasteiger partial charge in [0.05, 0.1) is 36.4 Å². The molecule has 4 aliphatic rings. The van der Waals surface area contributed by atoms with Crippen molar-refractivity contribution < 1.29 is 33.3 Å². The number of aryl methyl sites for hydroxylation is 1. The fraction of sp³-hybridized carbons (Fsp3) is 0.587. The van der Waals surface area contributed by atoms with Gasteiger partial charge in [0.25, 0.3) is 5.91 Å². The Kier molecular flexibility index (Phi) is 13.8. The van der Waals surface area contributed by atoms with Gasteiger partial charge in [0, 0.05) is 78.4 Å². The molecule has 7 rings (SSSR count). The monoisotopic (exact) mass is 842 g/mol. The van der Waals surface area contributed by atoms with Crippen molar-refractivity contribution in [1.29, 1.82) is 0 Å². The molecule has 2 N–H and O–H groups in total. The van der Waals surface area contributed by atoms with Crippen LogP contribution in [0.1, 0.15) is 96.0 Å². The highest BCUT2D eigenvalue weighted by molar-refractivity contribution is 7.10. The number of nitrogens with zero attached hydrogens (tertiary/aromatic N) is 4. The van der Waals surface area contributed by atoms with Gasteiger partial charge in [0.1, 0.15) is 23.2 Å². The minimum atomic E-state index is -1.09. The van der Waals surface area contributed by atoms with Gasteiger partial charge >= 0.3 is 5.97 Å². The summed E-state index contributed by atoms with van der Waals surface area (Å²) in [7, 11) is 1.68. The minimum Gasteiger partial charge on any atom is -0.464 e. The Morgan fingerprint density at radius 1 is 1.23 bits per heavy atom. The molecule has 2 aromatic heterocycles. The van der Waals surface area contributed by atoms with Crippen molar-refractivity contribution in [3.8, 4) is 11.3 Å². The second-order valence-corrected chi connectivity index (χ2v) is 18.4. The molecule has 6 atom stereocenters. The summed E-state index contributed by atoms with van der Waals surface area (Å²) in [5, 5.41) is 8.24. The van der Waals surface area contributed by atoms with E-state index in [9.17, 15) is 14.4 Å². The van der Waals surface area contributed by atoms with Crippen LogP contribution in [0.5, 0.6) is 0 Å². The third-order valence-corrected chi connectivity index (χ3v) is 13.4. The average Bonchev–Trinajstić information content (AvgIpc) is 3.66. The number of amides is 2. The number of aliphatic imine (C=N–C) groups is 1. The molecule has 0 radical (unpaired) electrons. The summed E-state index contributed by atoms with van der Waals surface area (Å²) in [5.41, 5.74) is 9.09. The second kappa shape index (κ2) is 18.8. The molecule has 1 aliphatic carbocycles. The predicted molar refractivity (Wildman–Crippen MR) is 234 cm³/mol. The predicted octanol–water partition coefficient (Wildman–Crippen LogP) is 7.05. The fourth-order valence-electron chi connectivity index (χ4n) is 8.77. The first kappa shape index (κ1) is 43.9. The van der Waals surface area contributed by atoms with E-state index < -0.39 is 29.6 Å². The molecule has 13 nitrogen and oxygen atoms in total. The van der Waals surface area contributed by atoms with Gasteiger partial charge in [-0.15, -0.1) is 11.3 Å². The summed E-state index contributed by atoms with van der Waals surface area (Å²) in [4.78, 5) is 52.4. The number of benzene rings is 1. The summed E-state index contributed by atoms with van der Waals surface area (Å²) in [6, 6.07) is 4.58. The molecule has 324 valence electrons. The van der Waals surface area contributed by atoms with Gasteiger partial charge in [0.15, 0.2) is 0 Å². The lowest BCUT2D eigenvalue weighted by Crippen LogP contribution is -2.61. The van der Waals surface area contributed by atoms with E-state index in [1.165, 1.54) is 16.3 Å². The zero-order valence-electron chi connectivity index (χ0n) is 36.3. The van der Waals surface area contributed by atoms with Crippen LogP contribution in [0.3, 0.4) is 0 Å². The highest BCUT2D eigenvalue weighted by Gasteiger charge is 2.45. The molecule has 1 aromatic carbocycles. The van der Waals surface area contributed by atoms with E-state index in [-0.39, 0.29) is 42.3 Å². The van der Waals surface area contributed by atoms with E-state index in [2.05, 4.69) is 60.9 Å². The zero-order valence-corrected chi connectivity index (χ0v) is 37.1. The van der Waals surface area contributed by atoms with Gasteiger partial charge < -0.3 is 28.8 Å². The number of rotatable bonds is 11. The molecule has 0 spiro atoms. The molecule has 6 bridgehead atoms. The molecular formula is C46H62N6O7S. The Morgan fingerprint density at radius 3 is 2.68 bits per heavy atom. The number of cyclic esters (lactones) is 1. The Hall–Kier alpha value is -4.21. The lowest BCUT2D eigenvalue weighted by molar-refractivity contribution is -0.157. The topological polar surface area (TPSA) is 146 Å². The number of carbonyl (C=O) groups excluding carboxylic acids is 3. The van der Waals surface area contributed by atoms with Gasteiger partial charge in [-0.25, -0.2) is 10.4 Å². The zero-order chi connectivity index (χ0) is 42.7. The molecule has 2 saturated heterocycles. The maximum atomic E-state index is 14.8. The molecule has 14 heteroatoms. The number of carbonyl (C=O) groups is 3. The van der Waals surface area contributed by atoms with Gasteiger partial charge in [0.2, 0.25) is 5.91 Å². The van der Waals surface area contributed by atoms with Crippen LogP contribution in [0.15, 0.2) is 46.9 Å². The summed E-state index contributed by atoms with van der Waals surface area (Å²) < 4.78 is 26.7. The van der Waals surface area contributed by atoms with E-state index in [1.807, 2.05) is 32.2 Å². The summed E-state index contributed by atoms with van der Waals surface area (Å²) in [6.45, 7) is 19.4. The minimum absolute atomic E-state index is 0.146. The van der Waals surface area contributed by atoms with Crippen LogP contribution in [0.25, 0.3) is 27.7 Å². The standard InChI is InChI=1S/C46H62N6O7S/c1-9-31(38(47-10-2)28(5)56-8)40-34-23-46(6,7)26-59-45(55)35-13-12-18-52(50-35)44(54)39(49-42(53)32-21-27(32)4)41(58-24-29-16-19-57-20-17-29)43-48-36(25-60-43)30-14-15-37(33(34)22-30)51(40)11-3/h9-10,14-15,22,25,27-29,32,35,39,41,50H,1,11-13,16-21,23-24,26H2,2-8H3,(H,49,53)/b38-31+,47-10?/t27-,28-,32-,35-,39-,41-/m0/s1. The number of fused-ring (bicyclic) bond motifs is 6. The Morgan fingerprint density at radius 2 is 2.00 bits per heavy atom. The van der Waals surface area contributed by atoms with Gasteiger partial charge in [-0.1, -0.05) is 39.5 Å². The molecule has 0 unspecified atom stereocenters. The van der Waals surface area contributed by atoms with Crippen molar-refractivity contribution in [1.82, 2.24) is 25.3 Å². The van der Waals surface area contributed by atoms with E-state index in [0.29, 0.717) is 57.2 Å². The van der Waals surface area contributed by atoms with Crippen LogP contribution < -0.4 is 10.7 Å². The van der Waals surface area contributed by atoms with E-state index in [4.69, 9.17) is 28.9 Å². The summed E-state index contributed by atoms with van der Waals surface area (Å²) >= 11 is 1.42. The smallest absolute Gasteiger partial charge is 0.324 e. The van der Waals surface area contributed by atoms with E-state index in [1.54, 1.807) is 13.3 Å². The number of allylic oxidation sites excluding steroid dienone is 2. The highest BCUT2D eigenvalue weighted by atomic mass is 32.1. The average molecular weight is 843 g/mol. The van der Waals surface area contributed by atoms with Crippen molar-refractivity contribution >= 4 is 51.8 Å². The highest BCUT2D eigenvalue weighted by Crippen LogP contribution is 2.42. The van der Waals surface area contributed by atoms with Gasteiger partial charge in [-0.2, -0.15) is 0 Å². The Balaban J connectivity index is 1.40. The molecule has 3 aliphatic heterocycles. The third kappa shape index (κ3) is 9.32. The van der Waals surface area contributed by atoms with E-state index in [0.717, 1.165) is 64.0 Å². The maximum Gasteiger partial charge on any atom is 0.324 e. The Bertz CT molecular complexity index is 2130. The van der Waals surface area contributed by atoms with Crippen LogP contribution in [0.2, 0.25) is 0 Å². The lowest BCUT2D eigenvalue weighted by atomic mass is 9.84. The normalized spacial score (nSPS) is 26.1. The number of nitrogens with one attached hydrogen (secondary N) is 2. The molecule has 2 amide bonds. The second-order valence-electron chi connectivity index (χ2n) is 17.5. The largest absolute Gasteiger partial charge is 0.464 e. The van der Waals surface area contributed by atoms with Crippen LogP contribution in [0.4, 0.5) is 0 Å². The molecule has 1 saturated carbocycles. The number of esters is 1. The first-order valence-electron chi connectivity index (χ1n) is 21.6. The lowest BCUT2D eigenvalue weighted by Gasteiger charge is -2.37. The molecule has 3 fully saturated rings. The van der Waals surface area contributed by atoms with Crippen molar-refractivity contribution in [2.75, 3.05) is 40.1 Å². The number of aromatic nitrogens is 2. The first-order valence-corrected chi connectivity index (χ1v) is 22.5. The number of hydrogen-bond acceptors (Lipinski definition) is 11. The maximum absolute atomic E-state index is 14.8. The molecular weight excluding hydrogens is 781 g/mol. The molecule has 3 aromatic rings. The molecule has 5 heterocycles. The van der Waals surface area contributed by atoms with Crippen LogP contribution in [0, 0.1) is 23.2 Å². The molecule has 60 heavy (non-hydrogen) atoms. The van der Waals surface area contributed by atoms with Gasteiger partial charge in [-0.3, -0.25) is 24.4 Å². The third-order valence-electron chi connectivity index (χ3n) is 12.4. The van der Waals surface area contributed by atoms with Crippen LogP contribution in [-0.4, -0.2) is 96.8 Å². The summed E-state index contributed by atoms with van der Waals surface area (Å²) in [6.07, 6.45) is 6.56. The van der Waals surface area contributed by atoms with Crippen LogP contribution >= 0.6 is 11.3 Å². The fourth-order valence-corrected chi connectivity index (χ4v) is 9.68. The number of hydrazine groups is 1. The van der Waals surface area contributed by atoms with E-state index >= 15 is 0 Å². The number of methoxy groups -OCH3 is 1. The van der Waals surface area contributed by atoms with Gasteiger partial charge in [-0.05, 0) is 88.8 Å². The van der Waals surface area contributed by atoms with Crippen molar-refractivity contribution in [3.63, 3.8) is 0 Å². The van der Waals surface area contributed by atoms with Crippen molar-refractivity contribution in [3.05, 3.63) is 58.2 Å². The Labute approximate surface area is 357 Å². The van der Waals surface area contributed by atoms with Crippen molar-refractivity contribution in [2.24, 2.45) is 28.2 Å². The van der Waals surface area contributed by atoms with Crippen molar-refractivity contribution in [2.45, 2.75) is 111 Å². The summed E-state index contributed by atoms with van der Waals surface area (Å²) in [5.74, 6) is -0.674. The van der Waals surface area contributed by atoms with Crippen LogP contribution in [-0.2, 0) is 46.3 Å².